The van der Waals surface area contributed by atoms with Gasteiger partial charge in [0.05, 0.1) is 11.8 Å². The first kappa shape index (κ1) is 20.9. The summed E-state index contributed by atoms with van der Waals surface area (Å²) in [4.78, 5) is 24.2. The molecule has 0 radical (unpaired) electrons. The van der Waals surface area contributed by atoms with Crippen molar-refractivity contribution < 1.29 is 19.8 Å². The van der Waals surface area contributed by atoms with E-state index in [1.165, 1.54) is 0 Å². The fraction of sp³-hybridized carbons (Fsp3) is 0.889. The van der Waals surface area contributed by atoms with Crippen LogP contribution in [0.2, 0.25) is 0 Å². The highest BCUT2D eigenvalue weighted by atomic mass is 16.4. The molecule has 2 atom stereocenters. The molecule has 0 fully saturated rings. The predicted octanol–water partition coefficient (Wildman–Crippen LogP) is 4.82. The van der Waals surface area contributed by atoms with Gasteiger partial charge in [-0.15, -0.1) is 0 Å². The van der Waals surface area contributed by atoms with E-state index in [1.807, 2.05) is 41.5 Å². The number of carboxylic acid groups (broad SMARTS) is 2. The monoisotopic (exact) mass is 314 g/mol. The van der Waals surface area contributed by atoms with E-state index in [9.17, 15) is 19.8 Å². The average molecular weight is 314 g/mol. The normalized spacial score (nSPS) is 15.4. The van der Waals surface area contributed by atoms with Gasteiger partial charge in [-0.1, -0.05) is 41.5 Å². The number of carbonyl (C=O) groups is 2. The van der Waals surface area contributed by atoms with Gasteiger partial charge in [0.25, 0.3) is 0 Å². The maximum Gasteiger partial charge on any atom is 0.307 e. The Labute approximate surface area is 135 Å². The molecule has 130 valence electrons. The minimum atomic E-state index is -0.960. The van der Waals surface area contributed by atoms with Gasteiger partial charge in [0.15, 0.2) is 0 Å². The molecule has 0 aliphatic carbocycles. The van der Waals surface area contributed by atoms with E-state index >= 15 is 0 Å². The number of rotatable bonds is 11. The molecule has 0 saturated heterocycles. The van der Waals surface area contributed by atoms with Gasteiger partial charge in [0.2, 0.25) is 0 Å². The van der Waals surface area contributed by atoms with Gasteiger partial charge >= 0.3 is 11.9 Å². The van der Waals surface area contributed by atoms with Gasteiger partial charge in [-0.2, -0.15) is 0 Å². The van der Waals surface area contributed by atoms with Crippen LogP contribution in [0.4, 0.5) is 0 Å². The summed E-state index contributed by atoms with van der Waals surface area (Å²) in [6.45, 7) is 11.9. The zero-order valence-electron chi connectivity index (χ0n) is 15.1. The highest BCUT2D eigenvalue weighted by molar-refractivity contribution is 5.81. The second kappa shape index (κ2) is 8.54. The largest absolute Gasteiger partial charge is 0.481 e. The number of hydrogen-bond acceptors (Lipinski definition) is 2. The Morgan fingerprint density at radius 3 is 0.909 bits per heavy atom. The van der Waals surface area contributed by atoms with Crippen molar-refractivity contribution >= 4 is 11.9 Å². The Morgan fingerprint density at radius 2 is 0.818 bits per heavy atom. The van der Waals surface area contributed by atoms with Gasteiger partial charge < -0.3 is 10.2 Å². The van der Waals surface area contributed by atoms with Gasteiger partial charge in [0.1, 0.15) is 0 Å². The highest BCUT2D eigenvalue weighted by Gasteiger charge is 2.53. The molecular formula is C18H34O4. The second-order valence-corrected chi connectivity index (χ2v) is 6.48. The zero-order valence-corrected chi connectivity index (χ0v) is 15.1. The molecule has 0 amide bonds. The van der Waals surface area contributed by atoms with Gasteiger partial charge in [-0.3, -0.25) is 9.59 Å². The smallest absolute Gasteiger partial charge is 0.307 e. The van der Waals surface area contributed by atoms with E-state index < -0.39 is 34.6 Å². The minimum Gasteiger partial charge on any atom is -0.481 e. The van der Waals surface area contributed by atoms with Crippen molar-refractivity contribution in [3.05, 3.63) is 0 Å². The zero-order chi connectivity index (χ0) is 17.6. The van der Waals surface area contributed by atoms with Crippen molar-refractivity contribution in [2.75, 3.05) is 0 Å². The Morgan fingerprint density at radius 1 is 0.636 bits per heavy atom. The second-order valence-electron chi connectivity index (χ2n) is 6.48. The van der Waals surface area contributed by atoms with Crippen LogP contribution >= 0.6 is 0 Å². The Balaban J connectivity index is 6.26. The number of hydrogen-bond donors (Lipinski definition) is 2. The summed E-state index contributed by atoms with van der Waals surface area (Å²) in [5.41, 5.74) is -0.917. The molecule has 0 aliphatic rings. The first-order valence-electron chi connectivity index (χ1n) is 8.71. The molecule has 4 nitrogen and oxygen atoms in total. The van der Waals surface area contributed by atoms with Crippen LogP contribution in [0.3, 0.4) is 0 Å². The quantitative estimate of drug-likeness (QED) is 0.573. The van der Waals surface area contributed by atoms with Crippen LogP contribution in [-0.4, -0.2) is 22.2 Å². The van der Waals surface area contributed by atoms with Crippen molar-refractivity contribution in [3.63, 3.8) is 0 Å². The number of aliphatic carboxylic acids is 2. The van der Waals surface area contributed by atoms with E-state index in [2.05, 4.69) is 0 Å². The van der Waals surface area contributed by atoms with Crippen LogP contribution in [-0.2, 0) is 9.59 Å². The first-order chi connectivity index (χ1) is 10.3. The minimum absolute atomic E-state index is 0.459. The summed E-state index contributed by atoms with van der Waals surface area (Å²) in [6, 6.07) is 0. The van der Waals surface area contributed by atoms with Crippen LogP contribution < -0.4 is 0 Å². The molecule has 0 aromatic heterocycles. The molecule has 0 spiro atoms. The lowest BCUT2D eigenvalue weighted by Gasteiger charge is -2.46. The molecular weight excluding hydrogens is 280 g/mol. The summed E-state index contributed by atoms with van der Waals surface area (Å²) >= 11 is 0. The van der Waals surface area contributed by atoms with Crippen molar-refractivity contribution in [1.29, 1.82) is 0 Å². The topological polar surface area (TPSA) is 74.6 Å². The molecule has 2 N–H and O–H groups in total. The molecule has 0 aliphatic heterocycles. The van der Waals surface area contributed by atoms with Crippen molar-refractivity contribution in [2.45, 2.75) is 80.1 Å². The molecule has 0 aromatic rings. The van der Waals surface area contributed by atoms with E-state index in [4.69, 9.17) is 0 Å². The summed E-state index contributed by atoms with van der Waals surface area (Å²) in [5, 5.41) is 19.8. The third-order valence-corrected chi connectivity index (χ3v) is 6.41. The van der Waals surface area contributed by atoms with Crippen molar-refractivity contribution in [3.8, 4) is 0 Å². The molecule has 0 aromatic carbocycles. The maximum absolute atomic E-state index is 12.1. The maximum atomic E-state index is 12.1. The lowest BCUT2D eigenvalue weighted by atomic mass is 9.56. The highest BCUT2D eigenvalue weighted by Crippen LogP contribution is 2.51. The lowest BCUT2D eigenvalue weighted by Crippen LogP contribution is -2.50. The number of carboxylic acids is 2. The summed E-state index contributed by atoms with van der Waals surface area (Å²) in [6.07, 6.45) is 4.13. The molecule has 0 rings (SSSR count). The van der Waals surface area contributed by atoms with Gasteiger partial charge in [0, 0.05) is 0 Å². The first-order valence-corrected chi connectivity index (χ1v) is 8.71. The molecule has 2 unspecified atom stereocenters. The fourth-order valence-corrected chi connectivity index (χ4v) is 4.34. The van der Waals surface area contributed by atoms with E-state index in [-0.39, 0.29) is 0 Å². The van der Waals surface area contributed by atoms with Crippen LogP contribution in [0, 0.1) is 22.7 Å². The summed E-state index contributed by atoms with van der Waals surface area (Å²) in [5.74, 6) is -3.61. The van der Waals surface area contributed by atoms with Crippen LogP contribution in [0.15, 0.2) is 0 Å². The third-order valence-electron chi connectivity index (χ3n) is 6.41. The summed E-state index contributed by atoms with van der Waals surface area (Å²) < 4.78 is 0. The molecule has 0 saturated carbocycles. The third kappa shape index (κ3) is 3.64. The predicted molar refractivity (Wildman–Crippen MR) is 88.9 cm³/mol. The van der Waals surface area contributed by atoms with E-state index in [1.54, 1.807) is 0 Å². The lowest BCUT2D eigenvalue weighted by molar-refractivity contribution is -0.169. The van der Waals surface area contributed by atoms with Crippen LogP contribution in [0.5, 0.6) is 0 Å². The molecule has 4 heteroatoms. The average Bonchev–Trinajstić information content (AvgIpc) is 2.51. The molecule has 22 heavy (non-hydrogen) atoms. The van der Waals surface area contributed by atoms with E-state index in [0.717, 1.165) is 0 Å². The van der Waals surface area contributed by atoms with Gasteiger partial charge in [-0.25, -0.2) is 0 Å². The molecule has 0 heterocycles. The van der Waals surface area contributed by atoms with E-state index in [0.29, 0.717) is 38.5 Å². The van der Waals surface area contributed by atoms with Crippen LogP contribution in [0.25, 0.3) is 0 Å². The standard InChI is InChI=1S/C18H34O4/c1-7-17(8-2,9-3)13(15(19)20)14(16(21)22)18(10-4,11-5)12-6/h13-14H,7-12H2,1-6H3,(H,19,20)(H,21,22). The van der Waals surface area contributed by atoms with Crippen LogP contribution in [0.1, 0.15) is 80.1 Å². The van der Waals surface area contributed by atoms with Crippen molar-refractivity contribution in [1.82, 2.24) is 0 Å². The SMILES string of the molecule is CCC(CC)(CC)C(C(=O)O)C(C(=O)O)C(CC)(CC)CC. The Hall–Kier alpha value is -1.06. The molecule has 0 bridgehead atoms. The fourth-order valence-electron chi connectivity index (χ4n) is 4.34. The Kier molecular flexibility index (Phi) is 8.13. The summed E-state index contributed by atoms with van der Waals surface area (Å²) in [7, 11) is 0. The Bertz CT molecular complexity index is 315. The van der Waals surface area contributed by atoms with Gasteiger partial charge in [-0.05, 0) is 49.4 Å². The van der Waals surface area contributed by atoms with Crippen molar-refractivity contribution in [2.24, 2.45) is 22.7 Å².